The van der Waals surface area contributed by atoms with Gasteiger partial charge in [-0.2, -0.15) is 10.5 Å². The zero-order valence-corrected chi connectivity index (χ0v) is 38.6. The van der Waals surface area contributed by atoms with Gasteiger partial charge in [-0.25, -0.2) is 9.37 Å². The molecule has 0 amide bonds. The number of hydrogen-bond acceptors (Lipinski definition) is 9. The third kappa shape index (κ3) is 26.6. The minimum absolute atomic E-state index is 0. The number of imidazole rings is 1. The van der Waals surface area contributed by atoms with E-state index in [1.807, 2.05) is 24.7 Å². The summed E-state index contributed by atoms with van der Waals surface area (Å²) in [5, 5.41) is 54.1. The van der Waals surface area contributed by atoms with E-state index < -0.39 is 0 Å². The minimum atomic E-state index is -0.216. The van der Waals surface area contributed by atoms with Crippen molar-refractivity contribution in [3.05, 3.63) is 53.9 Å². The molecular weight excluding hydrogens is 755 g/mol. The number of aliphatic hydroxyl groups is 4. The van der Waals surface area contributed by atoms with E-state index in [1.165, 1.54) is 12.1 Å². The SMILES string of the molecule is CC(C)C1(C#N)CCN(Cc2cncn2[C@H](C)c2ccc(F)cc2)CC1.CC(C)C1(C#N)CCNCC1.CC(C)O.CC(C)O.CC(C)O.CC(C)O.Cl.[Ti]. The van der Waals surface area contributed by atoms with Crippen LogP contribution in [0.4, 0.5) is 4.39 Å². The first kappa shape index (κ1) is 59.8. The van der Waals surface area contributed by atoms with E-state index in [9.17, 15) is 9.65 Å². The summed E-state index contributed by atoms with van der Waals surface area (Å²) in [6.07, 6.45) is 6.96. The molecule has 3 heterocycles. The van der Waals surface area contributed by atoms with E-state index in [0.717, 1.165) is 69.7 Å². The van der Waals surface area contributed by atoms with E-state index in [0.29, 0.717) is 11.8 Å². The molecule has 0 unspecified atom stereocenters. The van der Waals surface area contributed by atoms with Crippen molar-refractivity contribution >= 4 is 12.4 Å². The van der Waals surface area contributed by atoms with E-state index in [4.69, 9.17) is 25.7 Å². The molecule has 2 fully saturated rings. The van der Waals surface area contributed by atoms with Crippen LogP contribution in [0.15, 0.2) is 36.8 Å². The first-order chi connectivity index (χ1) is 24.6. The normalized spacial score (nSPS) is 16.0. The Balaban J connectivity index is -0.000000370. The van der Waals surface area contributed by atoms with Crippen molar-refractivity contribution in [3.8, 4) is 12.1 Å². The van der Waals surface area contributed by atoms with Crippen LogP contribution in [0, 0.1) is 51.1 Å². The quantitative estimate of drug-likeness (QED) is 0.182. The van der Waals surface area contributed by atoms with Crippen molar-refractivity contribution in [2.75, 3.05) is 26.2 Å². The maximum absolute atomic E-state index is 13.2. The second-order valence-electron chi connectivity index (χ2n) is 15.8. The van der Waals surface area contributed by atoms with Crippen molar-refractivity contribution in [2.24, 2.45) is 22.7 Å². The minimum Gasteiger partial charge on any atom is -0.394 e. The predicted octanol–water partition coefficient (Wildman–Crippen LogP) is 7.90. The predicted molar refractivity (Wildman–Crippen MR) is 221 cm³/mol. The third-order valence-electron chi connectivity index (χ3n) is 8.80. The van der Waals surface area contributed by atoms with Crippen LogP contribution in [0.2, 0.25) is 0 Å². The van der Waals surface area contributed by atoms with Gasteiger partial charge in [-0.3, -0.25) is 4.90 Å². The molecule has 2 aromatic rings. The van der Waals surface area contributed by atoms with Crippen LogP contribution in [0.25, 0.3) is 0 Å². The van der Waals surface area contributed by atoms with Gasteiger partial charge < -0.3 is 30.3 Å². The Kier molecular flexibility index (Phi) is 34.9. The summed E-state index contributed by atoms with van der Waals surface area (Å²) < 4.78 is 15.3. The van der Waals surface area contributed by atoms with Crippen molar-refractivity contribution in [1.29, 1.82) is 10.5 Å². The smallest absolute Gasteiger partial charge is 0.123 e. The van der Waals surface area contributed by atoms with E-state index in [-0.39, 0.29) is 81.2 Å². The van der Waals surface area contributed by atoms with Crippen LogP contribution < -0.4 is 5.32 Å². The number of nitriles is 2. The molecule has 55 heavy (non-hydrogen) atoms. The van der Waals surface area contributed by atoms with Crippen molar-refractivity contribution in [3.63, 3.8) is 0 Å². The van der Waals surface area contributed by atoms with Crippen LogP contribution in [-0.2, 0) is 28.3 Å². The van der Waals surface area contributed by atoms with Crippen LogP contribution in [0.1, 0.15) is 133 Å². The molecule has 0 bridgehead atoms. The Morgan fingerprint density at radius 2 is 1.07 bits per heavy atom. The maximum atomic E-state index is 13.2. The first-order valence-electron chi connectivity index (χ1n) is 19.3. The number of halogens is 2. The summed E-state index contributed by atoms with van der Waals surface area (Å²) >= 11 is 0. The van der Waals surface area contributed by atoms with Crippen LogP contribution >= 0.6 is 12.4 Å². The molecule has 2 saturated heterocycles. The van der Waals surface area contributed by atoms with Crippen molar-refractivity contribution < 1.29 is 46.5 Å². The van der Waals surface area contributed by atoms with Gasteiger partial charge in [0.05, 0.1) is 41.0 Å². The number of nitrogens with zero attached hydrogens (tertiary/aromatic N) is 5. The topological polar surface area (TPSA) is 162 Å². The largest absolute Gasteiger partial charge is 0.394 e. The second kappa shape index (κ2) is 32.1. The van der Waals surface area contributed by atoms with Gasteiger partial charge in [-0.05, 0) is 131 Å². The molecule has 0 radical (unpaired) electrons. The van der Waals surface area contributed by atoms with Gasteiger partial charge in [0.1, 0.15) is 5.82 Å². The Morgan fingerprint density at radius 1 is 0.709 bits per heavy atom. The second-order valence-corrected chi connectivity index (χ2v) is 15.8. The molecule has 0 spiro atoms. The molecule has 13 heteroatoms. The Labute approximate surface area is 355 Å². The summed E-state index contributed by atoms with van der Waals surface area (Å²) in [6.45, 7) is 29.2. The average molecular weight is 831 g/mol. The summed E-state index contributed by atoms with van der Waals surface area (Å²) in [4.78, 5) is 6.74. The van der Waals surface area contributed by atoms with Gasteiger partial charge in [-0.15, -0.1) is 12.4 Å². The number of likely N-dealkylation sites (tertiary alicyclic amines) is 1. The molecule has 316 valence electrons. The number of aromatic nitrogens is 2. The summed E-state index contributed by atoms with van der Waals surface area (Å²) in [5.74, 6) is 0.666. The summed E-state index contributed by atoms with van der Waals surface area (Å²) in [6, 6.07) is 11.8. The van der Waals surface area contributed by atoms with Crippen LogP contribution in [0.5, 0.6) is 0 Å². The van der Waals surface area contributed by atoms with E-state index in [2.05, 4.69) is 66.5 Å². The fraction of sp³-hybridized carbons (Fsp3) is 0.738. The van der Waals surface area contributed by atoms with Gasteiger partial charge >= 0.3 is 0 Å². The fourth-order valence-electron chi connectivity index (χ4n) is 5.55. The van der Waals surface area contributed by atoms with Crippen LogP contribution in [-0.4, -0.2) is 85.5 Å². The standard InChI is InChI=1S/C21H27FN4.C9H16N2.4C3H8O.ClH.Ti/c1-16(2)21(14-23)8-10-25(11-9-21)13-20-12-24-15-26(20)17(3)18-4-6-19(22)7-5-18;1-8(2)9(7-10)3-5-11-6-4-9;4*1-3(2)4;;/h4-7,12,15-17H,8-11,13H2,1-3H3;8,11H,3-6H2,1-2H3;4*3-4H,1-2H3;1H;/t17-;;;;;;;/m1......./s1. The number of benzene rings is 1. The molecule has 1 aromatic heterocycles. The summed E-state index contributed by atoms with van der Waals surface area (Å²) in [7, 11) is 0. The monoisotopic (exact) mass is 831 g/mol. The molecule has 2 aliphatic heterocycles. The Bertz CT molecular complexity index is 1250. The van der Waals surface area contributed by atoms with Crippen LogP contribution in [0.3, 0.4) is 0 Å². The number of hydrogen-bond donors (Lipinski definition) is 5. The number of aliphatic hydroxyl groups excluding tert-OH is 4. The van der Waals surface area contributed by atoms with Gasteiger partial charge in [0.25, 0.3) is 0 Å². The van der Waals surface area contributed by atoms with Gasteiger partial charge in [0, 0.05) is 72.0 Å². The zero-order valence-electron chi connectivity index (χ0n) is 36.2. The zero-order chi connectivity index (χ0) is 41.4. The van der Waals surface area contributed by atoms with E-state index in [1.54, 1.807) is 55.4 Å². The molecule has 10 nitrogen and oxygen atoms in total. The molecule has 1 aromatic carbocycles. The fourth-order valence-corrected chi connectivity index (χ4v) is 5.55. The molecule has 1 atom stereocenters. The van der Waals surface area contributed by atoms with Crippen molar-refractivity contribution in [1.82, 2.24) is 19.8 Å². The Hall–Kier alpha value is -1.90. The van der Waals surface area contributed by atoms with Gasteiger partial charge in [-0.1, -0.05) is 39.8 Å². The molecule has 4 rings (SSSR count). The molecule has 0 saturated carbocycles. The van der Waals surface area contributed by atoms with E-state index >= 15 is 0 Å². The molecule has 5 N–H and O–H groups in total. The Morgan fingerprint density at radius 3 is 1.40 bits per heavy atom. The third-order valence-corrected chi connectivity index (χ3v) is 8.80. The molecule has 0 aliphatic carbocycles. The number of rotatable bonds is 6. The molecule has 2 aliphatic rings. The molecular formula is C42H76ClFN6O4Ti. The van der Waals surface area contributed by atoms with Gasteiger partial charge in [0.15, 0.2) is 0 Å². The average Bonchev–Trinajstić information content (AvgIpc) is 3.52. The number of nitrogens with one attached hydrogen (secondary N) is 1. The first-order valence-corrected chi connectivity index (χ1v) is 19.3. The van der Waals surface area contributed by atoms with Crippen molar-refractivity contribution in [2.45, 2.75) is 153 Å². The maximum Gasteiger partial charge on any atom is 0.123 e. The summed E-state index contributed by atoms with van der Waals surface area (Å²) in [5.41, 5.74) is 1.99. The number of piperidine rings is 2. The van der Waals surface area contributed by atoms with Gasteiger partial charge in [0.2, 0.25) is 0 Å².